The molecule has 0 bridgehead atoms. The van der Waals surface area contributed by atoms with Crippen molar-refractivity contribution in [2.24, 2.45) is 0 Å². The van der Waals surface area contributed by atoms with Gasteiger partial charge >= 0.3 is 12.0 Å². The molecule has 0 radical (unpaired) electrons. The van der Waals surface area contributed by atoms with Crippen LogP contribution in [0.15, 0.2) is 18.5 Å². The Bertz CT molecular complexity index is 479. The van der Waals surface area contributed by atoms with E-state index in [0.29, 0.717) is 25.4 Å². The quantitative estimate of drug-likeness (QED) is 0.603. The molecular weight excluding hydrogens is 276 g/mol. The Morgan fingerprint density at radius 1 is 1.33 bits per heavy atom. The fraction of sp³-hybridized carbons (Fsp3) is 0.462. The predicted octanol–water partition coefficient (Wildman–Crippen LogP) is 0.480. The Balaban J connectivity index is 2.24. The van der Waals surface area contributed by atoms with E-state index in [1.165, 1.54) is 18.5 Å². The molecule has 1 aromatic heterocycles. The Morgan fingerprint density at radius 2 is 2.10 bits per heavy atom. The van der Waals surface area contributed by atoms with Crippen molar-refractivity contribution in [2.45, 2.75) is 0 Å². The monoisotopic (exact) mass is 296 g/mol. The van der Waals surface area contributed by atoms with Gasteiger partial charge in [0, 0.05) is 19.3 Å². The van der Waals surface area contributed by atoms with Gasteiger partial charge in [-0.2, -0.15) is 0 Å². The Labute approximate surface area is 123 Å². The van der Waals surface area contributed by atoms with Crippen LogP contribution >= 0.6 is 0 Å². The van der Waals surface area contributed by atoms with Crippen molar-refractivity contribution in [1.82, 2.24) is 15.2 Å². The van der Waals surface area contributed by atoms with E-state index in [9.17, 15) is 9.59 Å². The van der Waals surface area contributed by atoms with Gasteiger partial charge in [-0.15, -0.1) is 0 Å². The molecule has 0 saturated carbocycles. The fourth-order valence-corrected chi connectivity index (χ4v) is 1.39. The summed E-state index contributed by atoms with van der Waals surface area (Å²) in [5.74, 6) is -1.10. The molecule has 0 fully saturated rings. The third-order valence-corrected chi connectivity index (χ3v) is 2.46. The minimum Gasteiger partial charge on any atom is -0.478 e. The van der Waals surface area contributed by atoms with Crippen molar-refractivity contribution in [3.05, 3.63) is 24.0 Å². The van der Waals surface area contributed by atoms with Crippen LogP contribution in [-0.4, -0.2) is 67.4 Å². The lowest BCUT2D eigenvalue weighted by Crippen LogP contribution is -2.32. The lowest BCUT2D eigenvalue weighted by atomic mass is 10.3. The number of hydrogen-bond acceptors (Lipinski definition) is 5. The second kappa shape index (κ2) is 8.88. The Hall–Kier alpha value is -2.19. The van der Waals surface area contributed by atoms with Crippen LogP contribution in [-0.2, 0) is 4.74 Å². The topological polar surface area (TPSA) is 104 Å². The highest BCUT2D eigenvalue weighted by atomic mass is 16.5. The van der Waals surface area contributed by atoms with Gasteiger partial charge in [0.1, 0.15) is 0 Å². The van der Waals surface area contributed by atoms with Crippen LogP contribution in [0.5, 0.6) is 0 Å². The molecule has 0 aromatic carbocycles. The van der Waals surface area contributed by atoms with Crippen LogP contribution in [0.1, 0.15) is 10.4 Å². The number of ether oxygens (including phenoxy) is 1. The van der Waals surface area contributed by atoms with Gasteiger partial charge < -0.3 is 25.4 Å². The fourth-order valence-electron chi connectivity index (χ4n) is 1.39. The van der Waals surface area contributed by atoms with E-state index < -0.39 is 12.0 Å². The van der Waals surface area contributed by atoms with Crippen LogP contribution in [0.4, 0.5) is 10.5 Å². The number of aromatic nitrogens is 1. The third-order valence-electron chi connectivity index (χ3n) is 2.46. The normalized spacial score (nSPS) is 10.4. The molecule has 0 aliphatic heterocycles. The first kappa shape index (κ1) is 16.9. The number of amides is 2. The van der Waals surface area contributed by atoms with Gasteiger partial charge in [-0.25, -0.2) is 9.59 Å². The molecule has 0 saturated heterocycles. The Morgan fingerprint density at radius 3 is 2.76 bits per heavy atom. The molecule has 116 valence electrons. The van der Waals surface area contributed by atoms with Gasteiger partial charge in [0.15, 0.2) is 0 Å². The molecule has 0 aliphatic rings. The standard InChI is InChI=1S/C13H20N4O4/c1-17(2)4-6-21-5-3-15-13(20)16-11-7-10(12(18)19)8-14-9-11/h7-9H,3-6H2,1-2H3,(H,18,19)(H2,15,16,20). The second-order valence-corrected chi connectivity index (χ2v) is 4.56. The summed E-state index contributed by atoms with van der Waals surface area (Å²) in [4.78, 5) is 28.1. The van der Waals surface area contributed by atoms with E-state index in [1.807, 2.05) is 19.0 Å². The Kier molecular flexibility index (Phi) is 7.13. The molecule has 3 N–H and O–H groups in total. The van der Waals surface area contributed by atoms with E-state index >= 15 is 0 Å². The second-order valence-electron chi connectivity index (χ2n) is 4.56. The number of hydrogen-bond donors (Lipinski definition) is 3. The summed E-state index contributed by atoms with van der Waals surface area (Å²) in [6.07, 6.45) is 2.59. The number of likely N-dealkylation sites (N-methyl/N-ethyl adjacent to an activating group) is 1. The van der Waals surface area contributed by atoms with Crippen molar-refractivity contribution in [3.8, 4) is 0 Å². The van der Waals surface area contributed by atoms with Gasteiger partial charge in [-0.1, -0.05) is 0 Å². The summed E-state index contributed by atoms with van der Waals surface area (Å²) in [5, 5.41) is 13.9. The van der Waals surface area contributed by atoms with Gasteiger partial charge in [-0.05, 0) is 20.2 Å². The maximum Gasteiger partial charge on any atom is 0.337 e. The minimum absolute atomic E-state index is 0.0137. The van der Waals surface area contributed by atoms with Gasteiger partial charge in [-0.3, -0.25) is 4.98 Å². The molecule has 8 nitrogen and oxygen atoms in total. The third kappa shape index (κ3) is 7.23. The molecule has 1 heterocycles. The van der Waals surface area contributed by atoms with Crippen LogP contribution in [0.2, 0.25) is 0 Å². The van der Waals surface area contributed by atoms with E-state index in [0.717, 1.165) is 6.54 Å². The lowest BCUT2D eigenvalue weighted by molar-refractivity contribution is 0.0696. The van der Waals surface area contributed by atoms with Gasteiger partial charge in [0.25, 0.3) is 0 Å². The summed E-state index contributed by atoms with van der Waals surface area (Å²) in [6.45, 7) is 2.20. The maximum absolute atomic E-state index is 11.6. The molecule has 0 aliphatic carbocycles. The van der Waals surface area contributed by atoms with Gasteiger partial charge in [0.2, 0.25) is 0 Å². The van der Waals surface area contributed by atoms with E-state index in [-0.39, 0.29) is 5.56 Å². The number of pyridine rings is 1. The van der Waals surface area contributed by atoms with Crippen molar-refractivity contribution in [2.75, 3.05) is 45.7 Å². The maximum atomic E-state index is 11.6. The number of nitrogens with zero attached hydrogens (tertiary/aromatic N) is 2. The van der Waals surface area contributed by atoms with Crippen LogP contribution in [0.3, 0.4) is 0 Å². The van der Waals surface area contributed by atoms with Crippen molar-refractivity contribution >= 4 is 17.7 Å². The number of urea groups is 1. The van der Waals surface area contributed by atoms with Crippen molar-refractivity contribution < 1.29 is 19.4 Å². The molecule has 2 amide bonds. The van der Waals surface area contributed by atoms with Gasteiger partial charge in [0.05, 0.1) is 30.7 Å². The molecule has 0 unspecified atom stereocenters. The van der Waals surface area contributed by atoms with Crippen LogP contribution in [0.25, 0.3) is 0 Å². The first-order chi connectivity index (χ1) is 9.99. The van der Waals surface area contributed by atoms with Crippen molar-refractivity contribution in [1.29, 1.82) is 0 Å². The molecule has 0 atom stereocenters. The van der Waals surface area contributed by atoms with Crippen LogP contribution in [0, 0.1) is 0 Å². The largest absolute Gasteiger partial charge is 0.478 e. The first-order valence-electron chi connectivity index (χ1n) is 6.44. The zero-order valence-corrected chi connectivity index (χ0v) is 12.1. The number of nitrogens with one attached hydrogen (secondary N) is 2. The minimum atomic E-state index is -1.10. The summed E-state index contributed by atoms with van der Waals surface area (Å²) in [6, 6.07) is 0.901. The molecular formula is C13H20N4O4. The zero-order chi connectivity index (χ0) is 15.7. The smallest absolute Gasteiger partial charge is 0.337 e. The molecule has 0 spiro atoms. The van der Waals surface area contributed by atoms with E-state index in [1.54, 1.807) is 0 Å². The number of aromatic carboxylic acids is 1. The zero-order valence-electron chi connectivity index (χ0n) is 12.1. The number of carbonyl (C=O) groups excluding carboxylic acids is 1. The molecule has 21 heavy (non-hydrogen) atoms. The van der Waals surface area contributed by atoms with Crippen LogP contribution < -0.4 is 10.6 Å². The average Bonchev–Trinajstić information content (AvgIpc) is 2.42. The summed E-state index contributed by atoms with van der Waals surface area (Å²) < 4.78 is 5.32. The number of carboxylic acid groups (broad SMARTS) is 1. The SMILES string of the molecule is CN(C)CCOCCNC(=O)Nc1cncc(C(=O)O)c1. The predicted molar refractivity (Wildman–Crippen MR) is 77.6 cm³/mol. The molecule has 8 heteroatoms. The van der Waals surface area contributed by atoms with Crippen molar-refractivity contribution in [3.63, 3.8) is 0 Å². The lowest BCUT2D eigenvalue weighted by Gasteiger charge is -2.10. The average molecular weight is 296 g/mol. The number of carbonyl (C=O) groups is 2. The molecule has 1 rings (SSSR count). The first-order valence-corrected chi connectivity index (χ1v) is 6.44. The number of rotatable bonds is 8. The summed E-state index contributed by atoms with van der Waals surface area (Å²) >= 11 is 0. The highest BCUT2D eigenvalue weighted by molar-refractivity contribution is 5.92. The van der Waals surface area contributed by atoms with E-state index in [2.05, 4.69) is 15.6 Å². The molecule has 1 aromatic rings. The highest BCUT2D eigenvalue weighted by Gasteiger charge is 2.06. The van der Waals surface area contributed by atoms with E-state index in [4.69, 9.17) is 9.84 Å². The summed E-state index contributed by atoms with van der Waals surface area (Å²) in [7, 11) is 3.91. The summed E-state index contributed by atoms with van der Waals surface area (Å²) in [5.41, 5.74) is 0.334. The highest BCUT2D eigenvalue weighted by Crippen LogP contribution is 2.07. The number of anilines is 1. The number of carboxylic acids is 1.